The van der Waals surface area contributed by atoms with E-state index in [9.17, 15) is 0 Å². The van der Waals surface area contributed by atoms with Crippen LogP contribution in [0.1, 0.15) is 5.56 Å². The van der Waals surface area contributed by atoms with Crippen molar-refractivity contribution in [2.75, 3.05) is 11.5 Å². The number of hydrogen-bond acceptors (Lipinski definition) is 3. The number of aryl methyl sites for hydroxylation is 1. The zero-order valence-corrected chi connectivity index (χ0v) is 8.95. The molecular formula is C13H12N2O. The molecule has 0 aliphatic carbocycles. The molecule has 2 aromatic carbocycles. The van der Waals surface area contributed by atoms with Crippen LogP contribution in [0.25, 0.3) is 21.9 Å². The molecule has 0 spiro atoms. The van der Waals surface area contributed by atoms with E-state index in [0.29, 0.717) is 11.4 Å². The minimum absolute atomic E-state index is 0.587. The van der Waals surface area contributed by atoms with E-state index in [1.807, 2.05) is 25.1 Å². The van der Waals surface area contributed by atoms with Gasteiger partial charge in [-0.15, -0.1) is 0 Å². The van der Waals surface area contributed by atoms with Crippen LogP contribution in [0, 0.1) is 6.92 Å². The van der Waals surface area contributed by atoms with Crippen molar-refractivity contribution in [3.05, 3.63) is 35.9 Å². The molecule has 80 valence electrons. The van der Waals surface area contributed by atoms with Gasteiger partial charge in [0, 0.05) is 16.5 Å². The van der Waals surface area contributed by atoms with E-state index in [1.165, 1.54) is 5.56 Å². The molecule has 4 N–H and O–H groups in total. The molecule has 1 aromatic heterocycles. The van der Waals surface area contributed by atoms with Gasteiger partial charge in [0.15, 0.2) is 5.58 Å². The van der Waals surface area contributed by atoms with Gasteiger partial charge in [-0.3, -0.25) is 0 Å². The molecule has 3 heteroatoms. The van der Waals surface area contributed by atoms with Crippen molar-refractivity contribution < 1.29 is 4.42 Å². The van der Waals surface area contributed by atoms with Gasteiger partial charge >= 0.3 is 0 Å². The topological polar surface area (TPSA) is 65.2 Å². The summed E-state index contributed by atoms with van der Waals surface area (Å²) in [4.78, 5) is 0. The second-order valence-electron chi connectivity index (χ2n) is 4.09. The van der Waals surface area contributed by atoms with Gasteiger partial charge < -0.3 is 15.9 Å². The van der Waals surface area contributed by atoms with E-state index in [1.54, 1.807) is 6.07 Å². The fraction of sp³-hybridized carbons (Fsp3) is 0.0769. The van der Waals surface area contributed by atoms with Gasteiger partial charge in [0.05, 0.1) is 5.69 Å². The molecule has 3 nitrogen and oxygen atoms in total. The molecule has 16 heavy (non-hydrogen) atoms. The first-order valence-corrected chi connectivity index (χ1v) is 5.13. The Morgan fingerprint density at radius 2 is 1.81 bits per heavy atom. The van der Waals surface area contributed by atoms with Crippen LogP contribution in [0.15, 0.2) is 34.7 Å². The lowest BCUT2D eigenvalue weighted by Crippen LogP contribution is -1.89. The van der Waals surface area contributed by atoms with Crippen molar-refractivity contribution >= 4 is 33.3 Å². The summed E-state index contributed by atoms with van der Waals surface area (Å²) >= 11 is 0. The molecule has 0 atom stereocenters. The summed E-state index contributed by atoms with van der Waals surface area (Å²) in [5, 5.41) is 2.05. The van der Waals surface area contributed by atoms with Crippen LogP contribution in [-0.2, 0) is 0 Å². The molecular weight excluding hydrogens is 200 g/mol. The van der Waals surface area contributed by atoms with Crippen molar-refractivity contribution in [2.45, 2.75) is 6.92 Å². The van der Waals surface area contributed by atoms with Gasteiger partial charge in [-0.2, -0.15) is 0 Å². The van der Waals surface area contributed by atoms with E-state index in [4.69, 9.17) is 15.9 Å². The van der Waals surface area contributed by atoms with Gasteiger partial charge in [-0.1, -0.05) is 11.6 Å². The van der Waals surface area contributed by atoms with E-state index < -0.39 is 0 Å². The maximum Gasteiger partial charge on any atom is 0.158 e. The Labute approximate surface area is 92.6 Å². The molecule has 3 rings (SSSR count). The molecule has 0 fully saturated rings. The number of fused-ring (bicyclic) bond motifs is 3. The lowest BCUT2D eigenvalue weighted by Gasteiger charge is -1.97. The predicted octanol–water partition coefficient (Wildman–Crippen LogP) is 3.06. The maximum atomic E-state index is 5.89. The summed E-state index contributed by atoms with van der Waals surface area (Å²) in [6, 6.07) is 9.68. The number of benzene rings is 2. The number of anilines is 2. The van der Waals surface area contributed by atoms with Crippen LogP contribution in [0.4, 0.5) is 11.4 Å². The summed E-state index contributed by atoms with van der Waals surface area (Å²) in [6.07, 6.45) is 0. The predicted molar refractivity (Wildman–Crippen MR) is 67.3 cm³/mol. The van der Waals surface area contributed by atoms with Crippen molar-refractivity contribution in [3.63, 3.8) is 0 Å². The quantitative estimate of drug-likeness (QED) is 0.563. The first-order valence-electron chi connectivity index (χ1n) is 5.13. The number of hydrogen-bond donors (Lipinski definition) is 2. The van der Waals surface area contributed by atoms with Crippen LogP contribution >= 0.6 is 0 Å². The van der Waals surface area contributed by atoms with Gasteiger partial charge in [0.25, 0.3) is 0 Å². The van der Waals surface area contributed by atoms with Crippen molar-refractivity contribution in [3.8, 4) is 0 Å². The Morgan fingerprint density at radius 1 is 1.00 bits per heavy atom. The van der Waals surface area contributed by atoms with Crippen LogP contribution in [0.3, 0.4) is 0 Å². The third kappa shape index (κ3) is 1.15. The first-order chi connectivity index (χ1) is 7.65. The maximum absolute atomic E-state index is 5.89. The fourth-order valence-electron chi connectivity index (χ4n) is 2.04. The smallest absolute Gasteiger partial charge is 0.158 e. The van der Waals surface area contributed by atoms with E-state index >= 15 is 0 Å². The van der Waals surface area contributed by atoms with E-state index in [-0.39, 0.29) is 0 Å². The minimum Gasteiger partial charge on any atom is -0.454 e. The Bertz CT molecular complexity index is 698. The first kappa shape index (κ1) is 9.09. The van der Waals surface area contributed by atoms with Gasteiger partial charge in [-0.05, 0) is 31.2 Å². The second-order valence-corrected chi connectivity index (χ2v) is 4.09. The highest BCUT2D eigenvalue weighted by molar-refractivity contribution is 6.09. The largest absolute Gasteiger partial charge is 0.454 e. The minimum atomic E-state index is 0.587. The van der Waals surface area contributed by atoms with Crippen LogP contribution in [-0.4, -0.2) is 0 Å². The summed E-state index contributed by atoms with van der Waals surface area (Å²) < 4.78 is 5.71. The Morgan fingerprint density at radius 3 is 2.62 bits per heavy atom. The average molecular weight is 212 g/mol. The number of nitrogen functional groups attached to an aromatic ring is 2. The van der Waals surface area contributed by atoms with Crippen molar-refractivity contribution in [2.24, 2.45) is 0 Å². The zero-order valence-electron chi connectivity index (χ0n) is 8.95. The molecule has 0 amide bonds. The third-order valence-corrected chi connectivity index (χ3v) is 2.78. The molecule has 1 heterocycles. The zero-order chi connectivity index (χ0) is 11.3. The summed E-state index contributed by atoms with van der Waals surface area (Å²) in [5.74, 6) is 0. The van der Waals surface area contributed by atoms with Crippen LogP contribution in [0.5, 0.6) is 0 Å². The molecule has 0 radical (unpaired) electrons. The monoisotopic (exact) mass is 212 g/mol. The summed E-state index contributed by atoms with van der Waals surface area (Å²) in [6.45, 7) is 2.05. The van der Waals surface area contributed by atoms with Gasteiger partial charge in [0.2, 0.25) is 0 Å². The molecule has 0 saturated heterocycles. The standard InChI is InChI=1S/C13H12N2O/c1-7-2-3-12-9(4-7)10-5-8(14)6-11(15)13(10)16-12/h2-6H,14-15H2,1H3. The SMILES string of the molecule is Cc1ccc2oc3c(N)cc(N)cc3c2c1. The van der Waals surface area contributed by atoms with Crippen LogP contribution in [0.2, 0.25) is 0 Å². The van der Waals surface area contributed by atoms with Gasteiger partial charge in [0.1, 0.15) is 5.58 Å². The molecule has 0 bridgehead atoms. The highest BCUT2D eigenvalue weighted by Gasteiger charge is 2.10. The Kier molecular flexibility index (Phi) is 1.66. The highest BCUT2D eigenvalue weighted by atomic mass is 16.3. The molecule has 0 aliphatic rings. The summed E-state index contributed by atoms with van der Waals surface area (Å²) in [7, 11) is 0. The van der Waals surface area contributed by atoms with Crippen molar-refractivity contribution in [1.82, 2.24) is 0 Å². The third-order valence-electron chi connectivity index (χ3n) is 2.78. The summed E-state index contributed by atoms with van der Waals surface area (Å²) in [5.41, 5.74) is 15.7. The van der Waals surface area contributed by atoms with E-state index in [2.05, 4.69) is 6.07 Å². The van der Waals surface area contributed by atoms with Gasteiger partial charge in [-0.25, -0.2) is 0 Å². The Hall–Kier alpha value is -2.16. The normalized spacial score (nSPS) is 11.3. The second kappa shape index (κ2) is 2.92. The highest BCUT2D eigenvalue weighted by Crippen LogP contribution is 2.34. The molecule has 0 unspecified atom stereocenters. The fourth-order valence-corrected chi connectivity index (χ4v) is 2.04. The number of furan rings is 1. The molecule has 0 aliphatic heterocycles. The molecule has 3 aromatic rings. The number of rotatable bonds is 0. The van der Waals surface area contributed by atoms with Crippen LogP contribution < -0.4 is 11.5 Å². The number of nitrogens with two attached hydrogens (primary N) is 2. The van der Waals surface area contributed by atoms with Crippen molar-refractivity contribution in [1.29, 1.82) is 0 Å². The Balaban J connectivity index is 2.57. The average Bonchev–Trinajstić information content (AvgIpc) is 2.57. The van der Waals surface area contributed by atoms with E-state index in [0.717, 1.165) is 21.9 Å². The lowest BCUT2D eigenvalue weighted by molar-refractivity contribution is 0.670. The molecule has 0 saturated carbocycles. The lowest BCUT2D eigenvalue weighted by atomic mass is 10.1.